The molecule has 2 N–H and O–H groups in total. The van der Waals surface area contributed by atoms with E-state index in [9.17, 15) is 0 Å². The summed E-state index contributed by atoms with van der Waals surface area (Å²) in [6.45, 7) is 0. The molecule has 0 fully saturated rings. The van der Waals surface area contributed by atoms with Crippen molar-refractivity contribution in [2.24, 2.45) is 0 Å². The predicted octanol–water partition coefficient (Wildman–Crippen LogP) is 4.96. The molecule has 0 spiro atoms. The summed E-state index contributed by atoms with van der Waals surface area (Å²) in [4.78, 5) is 0. The van der Waals surface area contributed by atoms with E-state index >= 15 is 0 Å². The Morgan fingerprint density at radius 1 is 0.889 bits per heavy atom. The van der Waals surface area contributed by atoms with Gasteiger partial charge in [0, 0.05) is 24.7 Å². The maximum atomic E-state index is 5.85. The Bertz CT molecular complexity index is 631. The average Bonchev–Trinajstić information content (AvgIpc) is 2.30. The second-order valence-electron chi connectivity index (χ2n) is 3.58. The van der Waals surface area contributed by atoms with Crippen LogP contribution in [-0.4, -0.2) is 0 Å². The summed E-state index contributed by atoms with van der Waals surface area (Å²) >= 11 is 10.4. The van der Waals surface area contributed by atoms with Gasteiger partial charge in [-0.25, -0.2) is 0 Å². The van der Waals surface area contributed by atoms with Crippen LogP contribution < -0.4 is 5.73 Å². The van der Waals surface area contributed by atoms with E-state index in [1.807, 2.05) is 36.4 Å². The highest BCUT2D eigenvalue weighted by Crippen LogP contribution is 2.29. The van der Waals surface area contributed by atoms with Gasteiger partial charge in [-0.1, -0.05) is 39.9 Å². The van der Waals surface area contributed by atoms with Crippen LogP contribution in [0.5, 0.6) is 0 Å². The molecule has 0 unspecified atom stereocenters. The normalized spacial score (nSPS) is 9.72. The minimum Gasteiger partial charge on any atom is -0.398 e. The first-order chi connectivity index (χ1) is 8.58. The third-order valence-corrected chi connectivity index (χ3v) is 4.00. The van der Waals surface area contributed by atoms with Crippen molar-refractivity contribution in [2.75, 3.05) is 5.73 Å². The number of halogens is 3. The Morgan fingerprint density at radius 2 is 1.50 bits per heavy atom. The molecule has 0 bridgehead atoms. The zero-order chi connectivity index (χ0) is 13.1. The summed E-state index contributed by atoms with van der Waals surface area (Å²) in [5, 5.41) is 0. The van der Waals surface area contributed by atoms with Gasteiger partial charge in [0.05, 0.1) is 5.56 Å². The molecular weight excluding hydrogens is 422 g/mol. The minimum absolute atomic E-state index is 0.689. The van der Waals surface area contributed by atoms with Crippen molar-refractivity contribution in [2.45, 2.75) is 0 Å². The molecule has 0 aromatic heterocycles. The highest BCUT2D eigenvalue weighted by atomic mass is 79.9. The molecule has 0 radical (unpaired) electrons. The molecule has 0 aliphatic carbocycles. The van der Waals surface area contributed by atoms with E-state index in [1.165, 1.54) is 0 Å². The second kappa shape index (κ2) is 5.92. The van der Waals surface area contributed by atoms with Crippen molar-refractivity contribution in [3.05, 3.63) is 60.9 Å². The van der Waals surface area contributed by atoms with Crippen LogP contribution in [0, 0.1) is 11.8 Å². The topological polar surface area (TPSA) is 26.0 Å². The van der Waals surface area contributed by atoms with Crippen LogP contribution in [0.4, 0.5) is 5.69 Å². The van der Waals surface area contributed by atoms with Crippen molar-refractivity contribution in [1.82, 2.24) is 0 Å². The molecule has 0 saturated heterocycles. The van der Waals surface area contributed by atoms with E-state index in [4.69, 9.17) is 5.73 Å². The number of nitrogens with two attached hydrogens (primary N) is 1. The lowest BCUT2D eigenvalue weighted by atomic mass is 10.1. The molecule has 0 atom stereocenters. The number of hydrogen-bond acceptors (Lipinski definition) is 1. The number of anilines is 1. The predicted molar refractivity (Wildman–Crippen MR) is 86.4 cm³/mol. The van der Waals surface area contributed by atoms with Crippen molar-refractivity contribution >= 4 is 53.5 Å². The first-order valence-electron chi connectivity index (χ1n) is 5.09. The molecule has 4 heteroatoms. The second-order valence-corrected chi connectivity index (χ2v) is 6.21. The Labute approximate surface area is 131 Å². The molecular formula is C14H8Br3N. The Kier molecular flexibility index (Phi) is 4.50. The van der Waals surface area contributed by atoms with Gasteiger partial charge in [-0.05, 0) is 56.1 Å². The molecule has 90 valence electrons. The molecule has 2 aromatic carbocycles. The first kappa shape index (κ1) is 13.7. The third-order valence-electron chi connectivity index (χ3n) is 2.29. The Morgan fingerprint density at radius 3 is 2.11 bits per heavy atom. The van der Waals surface area contributed by atoms with Crippen LogP contribution in [0.25, 0.3) is 0 Å². The maximum Gasteiger partial charge on any atom is 0.0534 e. The summed E-state index contributed by atoms with van der Waals surface area (Å²) < 4.78 is 2.86. The van der Waals surface area contributed by atoms with Gasteiger partial charge in [-0.15, -0.1) is 0 Å². The van der Waals surface area contributed by atoms with Gasteiger partial charge in [-0.3, -0.25) is 0 Å². The molecule has 0 saturated carbocycles. The van der Waals surface area contributed by atoms with Crippen LogP contribution in [-0.2, 0) is 0 Å². The van der Waals surface area contributed by atoms with E-state index in [-0.39, 0.29) is 0 Å². The summed E-state index contributed by atoms with van der Waals surface area (Å²) in [5.74, 6) is 6.20. The zero-order valence-electron chi connectivity index (χ0n) is 9.18. The van der Waals surface area contributed by atoms with E-state index in [1.54, 1.807) is 0 Å². The fourth-order valence-corrected chi connectivity index (χ4v) is 3.86. The van der Waals surface area contributed by atoms with Crippen molar-refractivity contribution in [3.63, 3.8) is 0 Å². The molecule has 1 nitrogen and oxygen atoms in total. The van der Waals surface area contributed by atoms with E-state index in [2.05, 4.69) is 59.6 Å². The molecule has 2 rings (SSSR count). The van der Waals surface area contributed by atoms with Gasteiger partial charge in [0.25, 0.3) is 0 Å². The summed E-state index contributed by atoms with van der Waals surface area (Å²) in [7, 11) is 0. The highest BCUT2D eigenvalue weighted by molar-refractivity contribution is 9.11. The molecule has 2 aromatic rings. The van der Waals surface area contributed by atoms with E-state index in [0.717, 1.165) is 24.5 Å². The molecule has 18 heavy (non-hydrogen) atoms. The number of hydrogen-bond donors (Lipinski definition) is 1. The Balaban J connectivity index is 2.46. The fourth-order valence-electron chi connectivity index (χ4n) is 1.40. The highest BCUT2D eigenvalue weighted by Gasteiger charge is 2.04. The third kappa shape index (κ3) is 3.17. The van der Waals surface area contributed by atoms with Crippen LogP contribution >= 0.6 is 47.8 Å². The van der Waals surface area contributed by atoms with E-state index < -0.39 is 0 Å². The van der Waals surface area contributed by atoms with Gasteiger partial charge < -0.3 is 5.73 Å². The number of para-hydroxylation sites is 1. The van der Waals surface area contributed by atoms with Crippen molar-refractivity contribution in [1.29, 1.82) is 0 Å². The van der Waals surface area contributed by atoms with Gasteiger partial charge in [0.15, 0.2) is 0 Å². The smallest absolute Gasteiger partial charge is 0.0534 e. The summed E-state index contributed by atoms with van der Waals surface area (Å²) in [6.07, 6.45) is 0. The monoisotopic (exact) mass is 427 g/mol. The lowest BCUT2D eigenvalue weighted by molar-refractivity contribution is 1.50. The quantitative estimate of drug-likeness (QED) is 0.465. The number of rotatable bonds is 0. The van der Waals surface area contributed by atoms with Crippen LogP contribution in [0.3, 0.4) is 0 Å². The van der Waals surface area contributed by atoms with Crippen LogP contribution in [0.1, 0.15) is 11.1 Å². The molecule has 0 aliphatic rings. The Hall–Kier alpha value is -0.760. The zero-order valence-corrected chi connectivity index (χ0v) is 13.9. The van der Waals surface area contributed by atoms with E-state index in [0.29, 0.717) is 5.69 Å². The number of nitrogen functional groups attached to an aromatic ring is 1. The minimum atomic E-state index is 0.689. The van der Waals surface area contributed by atoms with Crippen LogP contribution in [0.2, 0.25) is 0 Å². The molecule has 0 amide bonds. The average molecular weight is 430 g/mol. The largest absolute Gasteiger partial charge is 0.398 e. The maximum absolute atomic E-state index is 5.85. The van der Waals surface area contributed by atoms with Gasteiger partial charge in [-0.2, -0.15) is 0 Å². The lowest BCUT2D eigenvalue weighted by Gasteiger charge is -2.01. The van der Waals surface area contributed by atoms with Gasteiger partial charge in [0.1, 0.15) is 0 Å². The van der Waals surface area contributed by atoms with Crippen molar-refractivity contribution < 1.29 is 0 Å². The summed E-state index contributed by atoms with van der Waals surface area (Å²) in [6, 6.07) is 11.5. The first-order valence-corrected chi connectivity index (χ1v) is 7.47. The van der Waals surface area contributed by atoms with Gasteiger partial charge in [0.2, 0.25) is 0 Å². The summed E-state index contributed by atoms with van der Waals surface area (Å²) in [5.41, 5.74) is 8.28. The SMILES string of the molecule is Nc1ccccc1C#Cc1c(Br)cc(Br)cc1Br. The van der Waals surface area contributed by atoms with Crippen LogP contribution in [0.15, 0.2) is 49.8 Å². The molecule has 0 heterocycles. The lowest BCUT2D eigenvalue weighted by Crippen LogP contribution is -1.89. The number of benzene rings is 2. The fraction of sp³-hybridized carbons (Fsp3) is 0. The standard InChI is InChI=1S/C14H8Br3N/c15-10-7-12(16)11(13(17)8-10)6-5-9-3-1-2-4-14(9)18/h1-4,7-8H,18H2. The molecule has 0 aliphatic heterocycles. The van der Waals surface area contributed by atoms with Gasteiger partial charge >= 0.3 is 0 Å². The van der Waals surface area contributed by atoms with Crippen molar-refractivity contribution in [3.8, 4) is 11.8 Å².